The predicted molar refractivity (Wildman–Crippen MR) is 100 cm³/mol. The number of amides is 1. The third kappa shape index (κ3) is 3.55. The van der Waals surface area contributed by atoms with E-state index >= 15 is 0 Å². The first-order valence-corrected chi connectivity index (χ1v) is 9.97. The minimum absolute atomic E-state index is 0.106. The summed E-state index contributed by atoms with van der Waals surface area (Å²) in [7, 11) is 0. The molecule has 4 heterocycles. The van der Waals surface area contributed by atoms with Crippen molar-refractivity contribution < 1.29 is 22.4 Å². The van der Waals surface area contributed by atoms with Crippen LogP contribution in [0.4, 0.5) is 19.0 Å². The van der Waals surface area contributed by atoms with Crippen molar-refractivity contribution in [2.45, 2.75) is 31.2 Å². The molecule has 0 bridgehead atoms. The predicted octanol–water partition coefficient (Wildman–Crippen LogP) is 4.89. The first-order chi connectivity index (χ1) is 13.3. The first-order valence-electron chi connectivity index (χ1n) is 8.30. The molecule has 2 atom stereocenters. The standard InChI is InChI=1S/C17H14BrF3N4O2S/c18-13-14(16(26)22-8-9-3-1-5-27-9)24-25-12(17(19,20)21)7-10(23-15(13)25)11-4-2-6-28-11/h1-6,10,12,23H,7-8H2,(H,22,26)/t10-,12+/m1/s1. The van der Waals surface area contributed by atoms with Crippen LogP contribution in [0.3, 0.4) is 0 Å². The van der Waals surface area contributed by atoms with E-state index in [1.165, 1.54) is 17.6 Å². The highest BCUT2D eigenvalue weighted by Crippen LogP contribution is 2.46. The average molecular weight is 475 g/mol. The molecule has 1 aliphatic rings. The Balaban J connectivity index is 1.65. The maximum absolute atomic E-state index is 13.7. The van der Waals surface area contributed by atoms with Gasteiger partial charge in [0, 0.05) is 11.3 Å². The number of carbonyl (C=O) groups is 1. The van der Waals surface area contributed by atoms with Crippen molar-refractivity contribution in [1.29, 1.82) is 0 Å². The van der Waals surface area contributed by atoms with Crippen LogP contribution in [-0.4, -0.2) is 21.9 Å². The number of anilines is 1. The van der Waals surface area contributed by atoms with Crippen molar-refractivity contribution in [2.75, 3.05) is 5.32 Å². The molecule has 2 N–H and O–H groups in total. The number of fused-ring (bicyclic) bond motifs is 1. The van der Waals surface area contributed by atoms with Crippen molar-refractivity contribution in [3.63, 3.8) is 0 Å². The van der Waals surface area contributed by atoms with Gasteiger partial charge in [-0.1, -0.05) is 6.07 Å². The molecule has 0 aliphatic carbocycles. The molecular formula is C17H14BrF3N4O2S. The number of halogens is 4. The molecule has 1 amide bonds. The summed E-state index contributed by atoms with van der Waals surface area (Å²) < 4.78 is 47.3. The Bertz CT molecular complexity index is 970. The van der Waals surface area contributed by atoms with E-state index in [4.69, 9.17) is 4.42 Å². The van der Waals surface area contributed by atoms with E-state index in [1.807, 2.05) is 5.38 Å². The topological polar surface area (TPSA) is 72.1 Å². The summed E-state index contributed by atoms with van der Waals surface area (Å²) in [6.45, 7) is 0.106. The van der Waals surface area contributed by atoms with Crippen molar-refractivity contribution in [2.24, 2.45) is 0 Å². The van der Waals surface area contributed by atoms with Crippen molar-refractivity contribution in [3.8, 4) is 0 Å². The number of rotatable bonds is 4. The summed E-state index contributed by atoms with van der Waals surface area (Å²) >= 11 is 4.63. The fourth-order valence-corrected chi connectivity index (χ4v) is 4.42. The monoisotopic (exact) mass is 474 g/mol. The van der Waals surface area contributed by atoms with E-state index in [0.717, 1.165) is 9.56 Å². The Morgan fingerprint density at radius 2 is 2.25 bits per heavy atom. The van der Waals surface area contributed by atoms with Crippen molar-refractivity contribution in [3.05, 3.63) is 56.7 Å². The van der Waals surface area contributed by atoms with Crippen LogP contribution in [0.2, 0.25) is 0 Å². The molecule has 0 aromatic carbocycles. The lowest BCUT2D eigenvalue weighted by Crippen LogP contribution is -2.35. The number of alkyl halides is 3. The highest BCUT2D eigenvalue weighted by Gasteiger charge is 2.47. The second-order valence-corrected chi connectivity index (χ2v) is 8.00. The van der Waals surface area contributed by atoms with Gasteiger partial charge in [-0.3, -0.25) is 4.79 Å². The Morgan fingerprint density at radius 1 is 1.43 bits per heavy atom. The number of nitrogens with one attached hydrogen (secondary N) is 2. The molecule has 11 heteroatoms. The van der Waals surface area contributed by atoms with E-state index in [9.17, 15) is 18.0 Å². The zero-order valence-electron chi connectivity index (χ0n) is 14.2. The number of aromatic nitrogens is 2. The summed E-state index contributed by atoms with van der Waals surface area (Å²) in [6.07, 6.45) is -3.24. The molecule has 4 rings (SSSR count). The molecule has 148 valence electrons. The van der Waals surface area contributed by atoms with Crippen molar-refractivity contribution in [1.82, 2.24) is 15.1 Å². The maximum Gasteiger partial charge on any atom is 0.410 e. The van der Waals surface area contributed by atoms with Gasteiger partial charge in [0.1, 0.15) is 11.6 Å². The Kier molecular flexibility index (Phi) is 4.96. The van der Waals surface area contributed by atoms with Gasteiger partial charge in [0.05, 0.1) is 23.3 Å². The van der Waals surface area contributed by atoms with E-state index in [0.29, 0.717) is 5.76 Å². The fraction of sp³-hybridized carbons (Fsp3) is 0.294. The number of carbonyl (C=O) groups excluding carboxylic acids is 1. The number of hydrogen-bond acceptors (Lipinski definition) is 5. The first kappa shape index (κ1) is 19.1. The summed E-state index contributed by atoms with van der Waals surface area (Å²) in [6, 6.07) is 4.58. The van der Waals surface area contributed by atoms with Gasteiger partial charge in [0.25, 0.3) is 5.91 Å². The lowest BCUT2D eigenvalue weighted by Gasteiger charge is -2.33. The number of nitrogens with zero attached hydrogens (tertiary/aromatic N) is 2. The summed E-state index contributed by atoms with van der Waals surface area (Å²) in [5.41, 5.74) is -0.116. The maximum atomic E-state index is 13.7. The number of hydrogen-bond donors (Lipinski definition) is 2. The molecule has 0 fully saturated rings. The van der Waals surface area contributed by atoms with Crippen LogP contribution in [-0.2, 0) is 6.54 Å². The lowest BCUT2D eigenvalue weighted by molar-refractivity contribution is -0.173. The normalized spacial score (nSPS) is 19.1. The summed E-state index contributed by atoms with van der Waals surface area (Å²) in [5.74, 6) is 0.0631. The third-order valence-electron chi connectivity index (χ3n) is 4.40. The van der Waals surface area contributed by atoms with Gasteiger partial charge in [-0.15, -0.1) is 11.3 Å². The van der Waals surface area contributed by atoms with Gasteiger partial charge < -0.3 is 15.1 Å². The van der Waals surface area contributed by atoms with Crippen molar-refractivity contribution >= 4 is 39.0 Å². The van der Waals surface area contributed by atoms with Crippen LogP contribution in [0.15, 0.2) is 44.8 Å². The summed E-state index contributed by atoms with van der Waals surface area (Å²) in [4.78, 5) is 13.3. The van der Waals surface area contributed by atoms with Gasteiger partial charge >= 0.3 is 6.18 Å². The molecule has 6 nitrogen and oxygen atoms in total. The van der Waals surface area contributed by atoms with Crippen LogP contribution in [0.5, 0.6) is 0 Å². The molecular weight excluding hydrogens is 461 g/mol. The molecule has 0 saturated heterocycles. The number of furan rings is 1. The smallest absolute Gasteiger partial charge is 0.410 e. The molecule has 0 spiro atoms. The highest BCUT2D eigenvalue weighted by molar-refractivity contribution is 9.10. The fourth-order valence-electron chi connectivity index (χ4n) is 3.07. The molecule has 3 aromatic rings. The van der Waals surface area contributed by atoms with Crippen LogP contribution in [0, 0.1) is 0 Å². The van der Waals surface area contributed by atoms with Gasteiger partial charge in [0.15, 0.2) is 11.7 Å². The van der Waals surface area contributed by atoms with Gasteiger partial charge in [0.2, 0.25) is 0 Å². The van der Waals surface area contributed by atoms with Gasteiger partial charge in [-0.25, -0.2) is 4.68 Å². The van der Waals surface area contributed by atoms with Crippen LogP contribution in [0.1, 0.15) is 39.6 Å². The molecule has 3 aromatic heterocycles. The van der Waals surface area contributed by atoms with Crippen LogP contribution in [0.25, 0.3) is 0 Å². The Morgan fingerprint density at radius 3 is 2.89 bits per heavy atom. The minimum atomic E-state index is -4.50. The number of thiophene rings is 1. The van der Waals surface area contributed by atoms with Crippen LogP contribution < -0.4 is 10.6 Å². The molecule has 0 unspecified atom stereocenters. The minimum Gasteiger partial charge on any atom is -0.467 e. The summed E-state index contributed by atoms with van der Waals surface area (Å²) in [5, 5.41) is 11.5. The quantitative estimate of drug-likeness (QED) is 0.564. The van der Waals surface area contributed by atoms with Crippen LogP contribution >= 0.6 is 27.3 Å². The lowest BCUT2D eigenvalue weighted by atomic mass is 10.0. The Hall–Kier alpha value is -2.27. The SMILES string of the molecule is O=C(NCc1ccco1)c1nn2c(c1Br)N[C@@H](c1cccs1)C[C@H]2C(F)(F)F. The third-order valence-corrected chi connectivity index (χ3v) is 6.14. The second-order valence-electron chi connectivity index (χ2n) is 6.22. The van der Waals surface area contributed by atoms with Gasteiger partial charge in [-0.05, 0) is 39.5 Å². The van der Waals surface area contributed by atoms with E-state index in [1.54, 1.807) is 24.3 Å². The largest absolute Gasteiger partial charge is 0.467 e. The average Bonchev–Trinajstić information content (AvgIpc) is 3.40. The zero-order chi connectivity index (χ0) is 19.9. The molecule has 0 saturated carbocycles. The molecule has 28 heavy (non-hydrogen) atoms. The van der Waals surface area contributed by atoms with Gasteiger partial charge in [-0.2, -0.15) is 18.3 Å². The highest BCUT2D eigenvalue weighted by atomic mass is 79.9. The second kappa shape index (κ2) is 7.28. The molecule has 1 aliphatic heterocycles. The Labute approximate surface area is 169 Å². The van der Waals surface area contributed by atoms with E-state index in [2.05, 4.69) is 31.7 Å². The van der Waals surface area contributed by atoms with E-state index < -0.39 is 24.2 Å². The van der Waals surface area contributed by atoms with E-state index in [-0.39, 0.29) is 29.0 Å². The molecule has 0 radical (unpaired) electrons. The zero-order valence-corrected chi connectivity index (χ0v) is 16.6.